The van der Waals surface area contributed by atoms with Gasteiger partial charge in [-0.2, -0.15) is 0 Å². The molecule has 4 rings (SSSR count). The van der Waals surface area contributed by atoms with Crippen LogP contribution >= 0.6 is 11.8 Å². The number of nitrogens with zero attached hydrogens (tertiary/aromatic N) is 2. The summed E-state index contributed by atoms with van der Waals surface area (Å²) in [5.41, 5.74) is 5.79. The first kappa shape index (κ1) is 21.3. The summed E-state index contributed by atoms with van der Waals surface area (Å²) >= 11 is 0.889. The summed E-state index contributed by atoms with van der Waals surface area (Å²) in [6, 6.07) is 5.93. The van der Waals surface area contributed by atoms with E-state index in [1.165, 1.54) is 12.1 Å². The minimum absolute atomic E-state index is 0.0605. The van der Waals surface area contributed by atoms with E-state index in [1.54, 1.807) is 0 Å². The molecular formula is C19H15F4N5O2S. The highest BCUT2D eigenvalue weighted by Gasteiger charge is 2.42. The molecule has 2 aromatic rings. The number of hydrogen-bond donors (Lipinski definition) is 3. The third-order valence-electron chi connectivity index (χ3n) is 4.63. The number of carbonyl (C=O) groups excluding carboxylic acids is 2. The zero-order chi connectivity index (χ0) is 22.1. The lowest BCUT2D eigenvalue weighted by molar-refractivity contribution is -0.121. The van der Waals surface area contributed by atoms with Gasteiger partial charge >= 0.3 is 0 Å². The lowest BCUT2D eigenvalue weighted by Gasteiger charge is -2.32. The van der Waals surface area contributed by atoms with Crippen LogP contribution in [0, 0.1) is 29.2 Å². The van der Waals surface area contributed by atoms with Gasteiger partial charge in [0.25, 0.3) is 0 Å². The summed E-state index contributed by atoms with van der Waals surface area (Å²) in [7, 11) is 0. The van der Waals surface area contributed by atoms with Crippen LogP contribution in [0.4, 0.5) is 28.9 Å². The van der Waals surface area contributed by atoms with Crippen LogP contribution in [0.1, 0.15) is 0 Å². The summed E-state index contributed by atoms with van der Waals surface area (Å²) in [5, 5.41) is 2.52. The van der Waals surface area contributed by atoms with Crippen molar-refractivity contribution in [1.29, 1.82) is 0 Å². The highest BCUT2D eigenvalue weighted by molar-refractivity contribution is 8.14. The molecule has 2 atom stereocenters. The molecule has 3 N–H and O–H groups in total. The monoisotopic (exact) mass is 453 g/mol. The number of hydrogen-bond acceptors (Lipinski definition) is 6. The average molecular weight is 453 g/mol. The van der Waals surface area contributed by atoms with Gasteiger partial charge in [-0.25, -0.2) is 28.0 Å². The van der Waals surface area contributed by atoms with E-state index in [1.807, 2.05) is 0 Å². The van der Waals surface area contributed by atoms with Crippen molar-refractivity contribution in [2.45, 2.75) is 6.17 Å². The Bertz CT molecular complexity index is 1080. The molecule has 2 aliphatic heterocycles. The summed E-state index contributed by atoms with van der Waals surface area (Å²) in [4.78, 5) is 30.8. The molecule has 1 fully saturated rings. The fourth-order valence-electron chi connectivity index (χ4n) is 3.13. The second-order valence-corrected chi connectivity index (χ2v) is 7.67. The number of benzene rings is 2. The maximum atomic E-state index is 13.8. The Morgan fingerprint density at radius 3 is 2.52 bits per heavy atom. The van der Waals surface area contributed by atoms with Gasteiger partial charge in [-0.3, -0.25) is 19.9 Å². The Balaban J connectivity index is 1.53. The normalized spacial score (nSPS) is 20.5. The van der Waals surface area contributed by atoms with Crippen molar-refractivity contribution in [2.24, 2.45) is 10.9 Å². The van der Waals surface area contributed by atoms with Gasteiger partial charge < -0.3 is 5.32 Å². The molecule has 12 heteroatoms. The van der Waals surface area contributed by atoms with Gasteiger partial charge in [-0.1, -0.05) is 11.8 Å². The molecule has 0 radical (unpaired) electrons. The summed E-state index contributed by atoms with van der Waals surface area (Å²) in [6.45, 7) is 0.293. The molecule has 7 nitrogen and oxygen atoms in total. The molecule has 162 valence electrons. The Labute approximate surface area is 177 Å². The molecule has 0 saturated carbocycles. The number of fused-ring (bicyclic) bond motifs is 1. The van der Waals surface area contributed by atoms with Gasteiger partial charge in [0.1, 0.15) is 6.17 Å². The van der Waals surface area contributed by atoms with Crippen molar-refractivity contribution in [3.05, 3.63) is 59.7 Å². The van der Waals surface area contributed by atoms with E-state index < -0.39 is 47.2 Å². The molecule has 0 aliphatic carbocycles. The number of thioether (sulfide) groups is 1. The van der Waals surface area contributed by atoms with E-state index in [0.717, 1.165) is 40.9 Å². The number of anilines is 2. The van der Waals surface area contributed by atoms with E-state index in [4.69, 9.17) is 0 Å². The van der Waals surface area contributed by atoms with Crippen LogP contribution in [0.15, 0.2) is 41.4 Å². The van der Waals surface area contributed by atoms with Crippen LogP contribution in [0.25, 0.3) is 0 Å². The minimum Gasteiger partial charge on any atom is -0.325 e. The van der Waals surface area contributed by atoms with Crippen LogP contribution in [0.3, 0.4) is 0 Å². The zero-order valence-electron chi connectivity index (χ0n) is 15.7. The SMILES string of the molecule is O=C(CSC1=NC2NNCC2C(=O)N1c1ccc(F)c(F)c1)Nc1ccc(F)c(F)c1. The summed E-state index contributed by atoms with van der Waals surface area (Å²) in [6.07, 6.45) is -0.578. The predicted molar refractivity (Wildman–Crippen MR) is 107 cm³/mol. The molecule has 31 heavy (non-hydrogen) atoms. The fourth-order valence-corrected chi connectivity index (χ4v) is 3.98. The second-order valence-electron chi connectivity index (χ2n) is 6.73. The smallest absolute Gasteiger partial charge is 0.241 e. The maximum Gasteiger partial charge on any atom is 0.241 e. The number of rotatable bonds is 4. The lowest BCUT2D eigenvalue weighted by Crippen LogP contribution is -2.49. The van der Waals surface area contributed by atoms with Crippen LogP contribution < -0.4 is 21.1 Å². The predicted octanol–water partition coefficient (Wildman–Crippen LogP) is 2.37. The number of aliphatic imine (C=N–C) groups is 1. The third kappa shape index (κ3) is 4.40. The van der Waals surface area contributed by atoms with E-state index >= 15 is 0 Å². The molecule has 0 spiro atoms. The third-order valence-corrected chi connectivity index (χ3v) is 5.58. The number of amides is 2. The lowest BCUT2D eigenvalue weighted by atomic mass is 10.0. The van der Waals surface area contributed by atoms with Crippen LogP contribution in [0.5, 0.6) is 0 Å². The first-order valence-electron chi connectivity index (χ1n) is 9.06. The maximum absolute atomic E-state index is 13.8. The van der Waals surface area contributed by atoms with Gasteiger partial charge in [-0.15, -0.1) is 0 Å². The van der Waals surface area contributed by atoms with Crippen LogP contribution in [-0.4, -0.2) is 35.4 Å². The zero-order valence-corrected chi connectivity index (χ0v) is 16.5. The van der Waals surface area contributed by atoms with Gasteiger partial charge in [0.15, 0.2) is 28.4 Å². The number of amidine groups is 1. The van der Waals surface area contributed by atoms with E-state index in [-0.39, 0.29) is 22.3 Å². The Hall–Kier alpha value is -2.96. The van der Waals surface area contributed by atoms with E-state index in [0.29, 0.717) is 6.54 Å². The fraction of sp³-hybridized carbons (Fsp3) is 0.211. The molecule has 0 bridgehead atoms. The Kier molecular flexibility index (Phi) is 5.94. The number of hydrazine groups is 1. The van der Waals surface area contributed by atoms with Crippen molar-refractivity contribution in [3.8, 4) is 0 Å². The van der Waals surface area contributed by atoms with Crippen molar-refractivity contribution in [1.82, 2.24) is 10.9 Å². The largest absolute Gasteiger partial charge is 0.325 e. The van der Waals surface area contributed by atoms with Crippen LogP contribution in [0.2, 0.25) is 0 Å². The molecule has 2 amide bonds. The second kappa shape index (κ2) is 8.65. The number of halogens is 4. The molecule has 2 unspecified atom stereocenters. The standard InChI is InChI=1S/C19H15F4N5O2S/c20-12-3-1-9(5-14(12)22)25-16(29)8-31-19-26-17-11(7-24-27-17)18(30)28(19)10-2-4-13(21)15(23)6-10/h1-6,11,17,24,27H,7-8H2,(H,25,29). The molecule has 2 aliphatic rings. The quantitative estimate of drug-likeness (QED) is 0.619. The summed E-state index contributed by atoms with van der Waals surface area (Å²) < 4.78 is 53.5. The Morgan fingerprint density at radius 1 is 1.10 bits per heavy atom. The summed E-state index contributed by atoms with van der Waals surface area (Å²) in [5.74, 6) is -6.09. The number of carbonyl (C=O) groups is 2. The van der Waals surface area contributed by atoms with Crippen molar-refractivity contribution < 1.29 is 27.2 Å². The first-order valence-corrected chi connectivity index (χ1v) is 10.0. The number of nitrogens with one attached hydrogen (secondary N) is 3. The van der Waals surface area contributed by atoms with Crippen molar-refractivity contribution in [2.75, 3.05) is 22.5 Å². The van der Waals surface area contributed by atoms with Crippen molar-refractivity contribution >= 4 is 40.1 Å². The highest BCUT2D eigenvalue weighted by atomic mass is 32.2. The molecule has 1 saturated heterocycles. The van der Waals surface area contributed by atoms with Gasteiger partial charge in [0.05, 0.1) is 17.4 Å². The van der Waals surface area contributed by atoms with E-state index in [2.05, 4.69) is 21.2 Å². The first-order chi connectivity index (χ1) is 14.8. The van der Waals surface area contributed by atoms with Gasteiger partial charge in [-0.05, 0) is 24.3 Å². The topological polar surface area (TPSA) is 85.8 Å². The highest BCUT2D eigenvalue weighted by Crippen LogP contribution is 2.30. The van der Waals surface area contributed by atoms with E-state index in [9.17, 15) is 27.2 Å². The van der Waals surface area contributed by atoms with Gasteiger partial charge in [0.2, 0.25) is 11.8 Å². The molecule has 0 aromatic heterocycles. The Morgan fingerprint density at radius 2 is 1.81 bits per heavy atom. The average Bonchev–Trinajstić information content (AvgIpc) is 3.20. The minimum atomic E-state index is -1.13. The molecular weight excluding hydrogens is 438 g/mol. The van der Waals surface area contributed by atoms with Crippen LogP contribution in [-0.2, 0) is 9.59 Å². The van der Waals surface area contributed by atoms with Gasteiger partial charge in [0, 0.05) is 24.4 Å². The molecule has 2 heterocycles. The van der Waals surface area contributed by atoms with Crippen molar-refractivity contribution in [3.63, 3.8) is 0 Å². The molecule has 2 aromatic carbocycles.